The Morgan fingerprint density at radius 1 is 1.36 bits per heavy atom. The molecular formula is C16H23N3O5S. The van der Waals surface area contributed by atoms with Crippen molar-refractivity contribution in [3.8, 4) is 5.75 Å². The van der Waals surface area contributed by atoms with Crippen LogP contribution < -0.4 is 15.8 Å². The number of sulfonamides is 1. The quantitative estimate of drug-likeness (QED) is 0.756. The Hall–Kier alpha value is -2.13. The van der Waals surface area contributed by atoms with Crippen molar-refractivity contribution >= 4 is 21.8 Å². The monoisotopic (exact) mass is 369 g/mol. The van der Waals surface area contributed by atoms with E-state index < -0.39 is 21.8 Å². The molecule has 0 bridgehead atoms. The predicted octanol–water partition coefficient (Wildman–Crippen LogP) is 0.473. The molecule has 1 heterocycles. The van der Waals surface area contributed by atoms with Gasteiger partial charge in [-0.05, 0) is 38.0 Å². The van der Waals surface area contributed by atoms with Gasteiger partial charge in [-0.3, -0.25) is 9.59 Å². The van der Waals surface area contributed by atoms with Crippen LogP contribution in [0, 0.1) is 0 Å². The number of benzene rings is 1. The van der Waals surface area contributed by atoms with Crippen LogP contribution in [0.5, 0.6) is 5.75 Å². The molecular weight excluding hydrogens is 346 g/mol. The summed E-state index contributed by atoms with van der Waals surface area (Å²) in [6.07, 6.45) is 2.57. The molecule has 3 N–H and O–H groups in total. The molecule has 1 aliphatic rings. The Balaban J connectivity index is 2.39. The van der Waals surface area contributed by atoms with Gasteiger partial charge in [-0.2, -0.15) is 4.31 Å². The highest BCUT2D eigenvalue weighted by Crippen LogP contribution is 2.31. The maximum absolute atomic E-state index is 13.1. The molecule has 138 valence electrons. The number of hydrogen-bond donors (Lipinski definition) is 2. The van der Waals surface area contributed by atoms with Crippen molar-refractivity contribution in [1.29, 1.82) is 0 Å². The molecule has 2 rings (SSSR count). The molecule has 1 saturated heterocycles. The first-order valence-electron chi connectivity index (χ1n) is 8.03. The lowest BCUT2D eigenvalue weighted by Crippen LogP contribution is -2.42. The summed E-state index contributed by atoms with van der Waals surface area (Å²) >= 11 is 0. The van der Waals surface area contributed by atoms with Gasteiger partial charge in [0.1, 0.15) is 10.6 Å². The van der Waals surface area contributed by atoms with Crippen molar-refractivity contribution in [2.75, 3.05) is 20.2 Å². The van der Waals surface area contributed by atoms with Gasteiger partial charge in [-0.1, -0.05) is 6.42 Å². The molecule has 1 aromatic carbocycles. The van der Waals surface area contributed by atoms with Crippen molar-refractivity contribution in [3.63, 3.8) is 0 Å². The molecule has 0 unspecified atom stereocenters. The van der Waals surface area contributed by atoms with Gasteiger partial charge in [-0.25, -0.2) is 8.42 Å². The van der Waals surface area contributed by atoms with Gasteiger partial charge in [0.2, 0.25) is 15.9 Å². The second-order valence-electron chi connectivity index (χ2n) is 5.98. The molecule has 25 heavy (non-hydrogen) atoms. The number of nitrogens with zero attached hydrogens (tertiary/aromatic N) is 1. The number of primary amides is 1. The van der Waals surface area contributed by atoms with Gasteiger partial charge in [0.05, 0.1) is 13.7 Å². The SMILES string of the molecule is COc1ccc(C(=O)NCC(N)=O)cc1S(=O)(=O)N1CCCC[C@@H]1C. The lowest BCUT2D eigenvalue weighted by atomic mass is 10.1. The van der Waals surface area contributed by atoms with Crippen molar-refractivity contribution in [3.05, 3.63) is 23.8 Å². The van der Waals surface area contributed by atoms with Crippen molar-refractivity contribution in [1.82, 2.24) is 9.62 Å². The number of carbonyl (C=O) groups excluding carboxylic acids is 2. The van der Waals surface area contributed by atoms with Crippen molar-refractivity contribution in [2.45, 2.75) is 37.1 Å². The van der Waals surface area contributed by atoms with Gasteiger partial charge in [0, 0.05) is 18.2 Å². The number of carbonyl (C=O) groups is 2. The van der Waals surface area contributed by atoms with E-state index in [1.807, 2.05) is 6.92 Å². The highest BCUT2D eigenvalue weighted by Gasteiger charge is 2.33. The van der Waals surface area contributed by atoms with Crippen LogP contribution in [0.15, 0.2) is 23.1 Å². The lowest BCUT2D eigenvalue weighted by Gasteiger charge is -2.32. The molecule has 1 aliphatic heterocycles. The molecule has 1 aromatic rings. The van der Waals surface area contributed by atoms with E-state index in [9.17, 15) is 18.0 Å². The summed E-state index contributed by atoms with van der Waals surface area (Å²) in [6, 6.07) is 4.02. The summed E-state index contributed by atoms with van der Waals surface area (Å²) < 4.78 is 32.7. The largest absolute Gasteiger partial charge is 0.495 e. The minimum atomic E-state index is -3.80. The normalized spacial score (nSPS) is 18.6. The highest BCUT2D eigenvalue weighted by molar-refractivity contribution is 7.89. The molecule has 2 amide bonds. The summed E-state index contributed by atoms with van der Waals surface area (Å²) in [6.45, 7) is 1.98. The fourth-order valence-corrected chi connectivity index (χ4v) is 4.73. The van der Waals surface area contributed by atoms with Crippen LogP contribution in [-0.4, -0.2) is 50.8 Å². The number of amides is 2. The Labute approximate surface area is 147 Å². The zero-order valence-electron chi connectivity index (χ0n) is 14.3. The third kappa shape index (κ3) is 4.29. The summed E-state index contributed by atoms with van der Waals surface area (Å²) in [5.74, 6) is -1.09. The molecule has 1 fully saturated rings. The fraction of sp³-hybridized carbons (Fsp3) is 0.500. The van der Waals surface area contributed by atoms with Crippen molar-refractivity contribution < 1.29 is 22.7 Å². The third-order valence-electron chi connectivity index (χ3n) is 4.18. The summed E-state index contributed by atoms with van der Waals surface area (Å²) in [5.41, 5.74) is 5.12. The number of nitrogens with two attached hydrogens (primary N) is 1. The van der Waals surface area contributed by atoms with E-state index in [1.165, 1.54) is 29.6 Å². The zero-order chi connectivity index (χ0) is 18.6. The second-order valence-corrected chi connectivity index (χ2v) is 7.83. The summed E-state index contributed by atoms with van der Waals surface area (Å²) in [4.78, 5) is 22.8. The summed E-state index contributed by atoms with van der Waals surface area (Å²) in [5, 5.41) is 2.34. The lowest BCUT2D eigenvalue weighted by molar-refractivity contribution is -0.117. The standard InChI is InChI=1S/C16H23N3O5S/c1-11-5-3-4-8-19(11)25(22,23)14-9-12(6-7-13(14)24-2)16(21)18-10-15(17)20/h6-7,9,11H,3-5,8,10H2,1-2H3,(H2,17,20)(H,18,21)/t11-/m0/s1. The Bertz CT molecular complexity index is 763. The minimum absolute atomic E-state index is 0.0597. The average Bonchev–Trinajstić information content (AvgIpc) is 2.59. The molecule has 0 aliphatic carbocycles. The fourth-order valence-electron chi connectivity index (χ4n) is 2.84. The van der Waals surface area contributed by atoms with E-state index in [2.05, 4.69) is 5.32 Å². The van der Waals surface area contributed by atoms with Crippen LogP contribution in [0.4, 0.5) is 0 Å². The summed E-state index contributed by atoms with van der Waals surface area (Å²) in [7, 11) is -2.43. The molecule has 0 aromatic heterocycles. The number of hydrogen-bond acceptors (Lipinski definition) is 5. The molecule has 0 saturated carbocycles. The van der Waals surface area contributed by atoms with Gasteiger partial charge in [0.15, 0.2) is 0 Å². The minimum Gasteiger partial charge on any atom is -0.495 e. The molecule has 8 nitrogen and oxygen atoms in total. The average molecular weight is 369 g/mol. The number of ether oxygens (including phenoxy) is 1. The van der Waals surface area contributed by atoms with Crippen LogP contribution >= 0.6 is 0 Å². The predicted molar refractivity (Wildman–Crippen MR) is 91.7 cm³/mol. The first-order chi connectivity index (χ1) is 11.8. The zero-order valence-corrected chi connectivity index (χ0v) is 15.1. The van der Waals surface area contributed by atoms with Gasteiger partial charge in [-0.15, -0.1) is 0 Å². The van der Waals surface area contributed by atoms with E-state index in [1.54, 1.807) is 0 Å². The van der Waals surface area contributed by atoms with Crippen LogP contribution in [0.1, 0.15) is 36.5 Å². The van der Waals surface area contributed by atoms with Crippen LogP contribution in [0.2, 0.25) is 0 Å². The smallest absolute Gasteiger partial charge is 0.251 e. The number of nitrogens with one attached hydrogen (secondary N) is 1. The molecule has 1 atom stereocenters. The Morgan fingerprint density at radius 3 is 2.68 bits per heavy atom. The first-order valence-corrected chi connectivity index (χ1v) is 9.47. The van der Waals surface area contributed by atoms with Gasteiger partial charge >= 0.3 is 0 Å². The van der Waals surface area contributed by atoms with Crippen molar-refractivity contribution in [2.24, 2.45) is 5.73 Å². The third-order valence-corrected chi connectivity index (χ3v) is 6.21. The first kappa shape index (κ1) is 19.2. The van der Waals surface area contributed by atoms with E-state index in [4.69, 9.17) is 10.5 Å². The van der Waals surface area contributed by atoms with E-state index in [0.29, 0.717) is 6.54 Å². The number of rotatable bonds is 6. The molecule has 0 spiro atoms. The van der Waals surface area contributed by atoms with E-state index in [-0.39, 0.29) is 28.8 Å². The number of piperidine rings is 1. The topological polar surface area (TPSA) is 119 Å². The van der Waals surface area contributed by atoms with Crippen LogP contribution in [0.3, 0.4) is 0 Å². The van der Waals surface area contributed by atoms with E-state index >= 15 is 0 Å². The van der Waals surface area contributed by atoms with Gasteiger partial charge < -0.3 is 15.8 Å². The number of methoxy groups -OCH3 is 1. The Kier molecular flexibility index (Phi) is 6.02. The van der Waals surface area contributed by atoms with E-state index in [0.717, 1.165) is 19.3 Å². The highest BCUT2D eigenvalue weighted by atomic mass is 32.2. The molecule has 0 radical (unpaired) electrons. The van der Waals surface area contributed by atoms with Gasteiger partial charge in [0.25, 0.3) is 5.91 Å². The van der Waals surface area contributed by atoms with Crippen LogP contribution in [-0.2, 0) is 14.8 Å². The maximum Gasteiger partial charge on any atom is 0.251 e. The Morgan fingerprint density at radius 2 is 2.08 bits per heavy atom. The second kappa shape index (κ2) is 7.83. The maximum atomic E-state index is 13.1. The van der Waals surface area contributed by atoms with Crippen LogP contribution in [0.25, 0.3) is 0 Å². The molecule has 9 heteroatoms.